The normalized spacial score (nSPS) is 18.5. The Hall–Kier alpha value is -2.76. The van der Waals surface area contributed by atoms with Crippen LogP contribution in [0.3, 0.4) is 0 Å². The van der Waals surface area contributed by atoms with Gasteiger partial charge in [0.25, 0.3) is 0 Å². The number of allylic oxidation sites excluding steroid dienone is 1. The van der Waals surface area contributed by atoms with Crippen molar-refractivity contribution < 1.29 is 22.6 Å². The number of halogens is 3. The molecule has 2 aliphatic heterocycles. The summed E-state index contributed by atoms with van der Waals surface area (Å²) in [6.45, 7) is 3.01. The Morgan fingerprint density at radius 2 is 1.78 bits per heavy atom. The van der Waals surface area contributed by atoms with Gasteiger partial charge in [-0.05, 0) is 47.9 Å². The number of aliphatic imine (C=N–C) groups is 1. The van der Waals surface area contributed by atoms with Gasteiger partial charge in [-0.25, -0.2) is 0 Å². The number of ether oxygens (including phenoxy) is 2. The molecule has 0 saturated heterocycles. The lowest BCUT2D eigenvalue weighted by Gasteiger charge is -2.23. The van der Waals surface area contributed by atoms with E-state index in [2.05, 4.69) is 11.9 Å². The van der Waals surface area contributed by atoms with E-state index >= 15 is 0 Å². The van der Waals surface area contributed by atoms with Crippen LogP contribution in [-0.4, -0.2) is 19.0 Å². The molecule has 0 aromatic heterocycles. The maximum Gasteiger partial charge on any atom is 0.416 e. The number of benzene rings is 2. The molecule has 0 saturated carbocycles. The molecular formula is C21H18F3NO2. The van der Waals surface area contributed by atoms with Crippen LogP contribution in [0.1, 0.15) is 41.5 Å². The predicted octanol–water partition coefficient (Wildman–Crippen LogP) is 5.44. The molecule has 3 nitrogen and oxygen atoms in total. The quantitative estimate of drug-likeness (QED) is 0.717. The smallest absolute Gasteiger partial charge is 0.416 e. The van der Waals surface area contributed by atoms with Crippen molar-refractivity contribution in [2.45, 2.75) is 25.4 Å². The molecule has 1 atom stereocenters. The molecule has 2 aliphatic rings. The van der Waals surface area contributed by atoms with Crippen LogP contribution in [0.2, 0.25) is 0 Å². The predicted molar refractivity (Wildman–Crippen MR) is 97.5 cm³/mol. The van der Waals surface area contributed by atoms with Gasteiger partial charge in [-0.2, -0.15) is 13.2 Å². The van der Waals surface area contributed by atoms with Gasteiger partial charge in [0.15, 0.2) is 11.5 Å². The first-order valence-electron chi connectivity index (χ1n) is 8.79. The summed E-state index contributed by atoms with van der Waals surface area (Å²) in [7, 11) is 0. The molecule has 0 spiro atoms. The highest BCUT2D eigenvalue weighted by atomic mass is 19.4. The van der Waals surface area contributed by atoms with Gasteiger partial charge in [0.05, 0.1) is 11.3 Å². The number of fused-ring (bicyclic) bond motifs is 2. The monoisotopic (exact) mass is 373 g/mol. The van der Waals surface area contributed by atoms with E-state index in [9.17, 15) is 13.2 Å². The lowest BCUT2D eigenvalue weighted by atomic mass is 9.87. The minimum absolute atomic E-state index is 0.211. The van der Waals surface area contributed by atoms with Crippen molar-refractivity contribution in [1.29, 1.82) is 0 Å². The van der Waals surface area contributed by atoms with Gasteiger partial charge in [0.2, 0.25) is 6.79 Å². The second-order valence-electron chi connectivity index (χ2n) is 6.58. The summed E-state index contributed by atoms with van der Waals surface area (Å²) in [4.78, 5) is 4.67. The van der Waals surface area contributed by atoms with Crippen LogP contribution in [-0.2, 0) is 6.18 Å². The van der Waals surface area contributed by atoms with E-state index in [-0.39, 0.29) is 6.79 Å². The van der Waals surface area contributed by atoms with E-state index < -0.39 is 11.7 Å². The van der Waals surface area contributed by atoms with Gasteiger partial charge in [-0.15, -0.1) is 0 Å². The van der Waals surface area contributed by atoms with Crippen LogP contribution < -0.4 is 9.47 Å². The molecule has 0 bridgehead atoms. The second-order valence-corrected chi connectivity index (χ2v) is 6.58. The molecule has 6 heteroatoms. The van der Waals surface area contributed by atoms with Gasteiger partial charge >= 0.3 is 6.18 Å². The Morgan fingerprint density at radius 3 is 2.44 bits per heavy atom. The topological polar surface area (TPSA) is 30.8 Å². The minimum Gasteiger partial charge on any atom is -0.454 e. The molecule has 0 fully saturated rings. The fourth-order valence-corrected chi connectivity index (χ4v) is 3.36. The third-order valence-corrected chi connectivity index (χ3v) is 4.91. The van der Waals surface area contributed by atoms with E-state index in [0.717, 1.165) is 35.6 Å². The molecule has 1 unspecified atom stereocenters. The number of hydrogen-bond donors (Lipinski definition) is 0. The Bertz CT molecular complexity index is 914. The van der Waals surface area contributed by atoms with E-state index in [1.54, 1.807) is 6.08 Å². The average Bonchev–Trinajstić information content (AvgIpc) is 3.11. The Morgan fingerprint density at radius 1 is 1.07 bits per heavy atom. The molecular weight excluding hydrogens is 355 g/mol. The van der Waals surface area contributed by atoms with Crippen molar-refractivity contribution in [3.05, 3.63) is 64.7 Å². The highest BCUT2D eigenvalue weighted by molar-refractivity contribution is 6.12. The summed E-state index contributed by atoms with van der Waals surface area (Å²) in [6.07, 6.45) is 0.257. The summed E-state index contributed by atoms with van der Waals surface area (Å²) >= 11 is 0. The first-order valence-corrected chi connectivity index (χ1v) is 8.79. The lowest BCUT2D eigenvalue weighted by Crippen LogP contribution is -2.16. The highest BCUT2D eigenvalue weighted by Crippen LogP contribution is 2.40. The number of rotatable bonds is 3. The summed E-state index contributed by atoms with van der Waals surface area (Å²) in [5.41, 5.74) is 2.99. The lowest BCUT2D eigenvalue weighted by molar-refractivity contribution is -0.137. The van der Waals surface area contributed by atoms with Crippen molar-refractivity contribution in [2.75, 3.05) is 13.3 Å². The average molecular weight is 373 g/mol. The van der Waals surface area contributed by atoms with E-state index in [1.807, 2.05) is 18.2 Å². The Labute approximate surface area is 155 Å². The van der Waals surface area contributed by atoms with E-state index in [4.69, 9.17) is 9.47 Å². The van der Waals surface area contributed by atoms with Crippen molar-refractivity contribution in [3.8, 4) is 11.5 Å². The molecule has 2 aromatic carbocycles. The van der Waals surface area contributed by atoms with E-state index in [0.29, 0.717) is 23.8 Å². The standard InChI is InChI=1S/C21H18F3NO2/c1-2-14-11-25-18(17-10-20-19(9-16(14)17)26-12-27-20)8-5-13-3-6-15(7-4-13)21(22,23)24/h3-10,14H,2,11-12H2,1H3. The highest BCUT2D eigenvalue weighted by Gasteiger charge is 2.30. The largest absolute Gasteiger partial charge is 0.454 e. The molecule has 2 heterocycles. The zero-order valence-electron chi connectivity index (χ0n) is 14.7. The van der Waals surface area contributed by atoms with Gasteiger partial charge < -0.3 is 9.47 Å². The number of nitrogens with zero attached hydrogens (tertiary/aromatic N) is 1. The Balaban J connectivity index is 1.63. The summed E-state index contributed by atoms with van der Waals surface area (Å²) in [5.74, 6) is 1.76. The number of alkyl halides is 3. The Kier molecular flexibility index (Phi) is 4.42. The summed E-state index contributed by atoms with van der Waals surface area (Å²) in [5, 5.41) is 0. The zero-order chi connectivity index (χ0) is 19.0. The van der Waals surface area contributed by atoms with Crippen LogP contribution >= 0.6 is 0 Å². The first kappa shape index (κ1) is 17.6. The molecule has 2 aromatic rings. The van der Waals surface area contributed by atoms with Crippen LogP contribution in [0.4, 0.5) is 13.2 Å². The molecule has 4 rings (SSSR count). The molecule has 0 radical (unpaired) electrons. The first-order chi connectivity index (χ1) is 13.0. The second kappa shape index (κ2) is 6.76. The molecule has 0 amide bonds. The molecule has 0 N–H and O–H groups in total. The van der Waals surface area contributed by atoms with Crippen molar-refractivity contribution in [2.24, 2.45) is 4.99 Å². The van der Waals surface area contributed by atoms with Crippen molar-refractivity contribution in [1.82, 2.24) is 0 Å². The van der Waals surface area contributed by atoms with Crippen LogP contribution in [0, 0.1) is 0 Å². The fraction of sp³-hybridized carbons (Fsp3) is 0.286. The van der Waals surface area contributed by atoms with Gasteiger partial charge in [-0.3, -0.25) is 4.99 Å². The molecule has 0 aliphatic carbocycles. The van der Waals surface area contributed by atoms with Crippen molar-refractivity contribution >= 4 is 11.8 Å². The summed E-state index contributed by atoms with van der Waals surface area (Å²) < 4.78 is 49.0. The van der Waals surface area contributed by atoms with Crippen LogP contribution in [0.5, 0.6) is 11.5 Å². The van der Waals surface area contributed by atoms with Gasteiger partial charge in [0.1, 0.15) is 0 Å². The van der Waals surface area contributed by atoms with E-state index in [1.165, 1.54) is 17.7 Å². The fourth-order valence-electron chi connectivity index (χ4n) is 3.36. The van der Waals surface area contributed by atoms with Crippen LogP contribution in [0.15, 0.2) is 47.5 Å². The van der Waals surface area contributed by atoms with Crippen LogP contribution in [0.25, 0.3) is 6.08 Å². The van der Waals surface area contributed by atoms with Gasteiger partial charge in [-0.1, -0.05) is 25.1 Å². The maximum atomic E-state index is 12.7. The number of hydrogen-bond acceptors (Lipinski definition) is 3. The third kappa shape index (κ3) is 3.44. The zero-order valence-corrected chi connectivity index (χ0v) is 14.7. The van der Waals surface area contributed by atoms with Gasteiger partial charge in [0, 0.05) is 18.0 Å². The molecule has 27 heavy (non-hydrogen) atoms. The minimum atomic E-state index is -4.33. The summed E-state index contributed by atoms with van der Waals surface area (Å²) in [6, 6.07) is 9.04. The third-order valence-electron chi connectivity index (χ3n) is 4.91. The maximum absolute atomic E-state index is 12.7. The molecule has 140 valence electrons. The SMILES string of the molecule is CCC1CN=C(C=Cc2ccc(C(F)(F)F)cc2)c2cc3c(cc21)OCO3. The van der Waals surface area contributed by atoms with Crippen molar-refractivity contribution in [3.63, 3.8) is 0 Å².